The van der Waals surface area contributed by atoms with Crippen molar-refractivity contribution in [3.8, 4) is 11.3 Å². The van der Waals surface area contributed by atoms with Gasteiger partial charge in [-0.25, -0.2) is 9.97 Å². The van der Waals surface area contributed by atoms with Crippen molar-refractivity contribution >= 4 is 16.7 Å². The van der Waals surface area contributed by atoms with Crippen LogP contribution in [0.1, 0.15) is 43.4 Å². The summed E-state index contributed by atoms with van der Waals surface area (Å²) in [5, 5.41) is 0. The molecule has 24 heavy (non-hydrogen) atoms. The van der Waals surface area contributed by atoms with Gasteiger partial charge in [-0.2, -0.15) is 0 Å². The molecule has 0 N–H and O–H groups in total. The highest BCUT2D eigenvalue weighted by Crippen LogP contribution is 2.36. The minimum Gasteiger partial charge on any atom is -0.279 e. The van der Waals surface area contributed by atoms with Crippen molar-refractivity contribution < 1.29 is 0 Å². The van der Waals surface area contributed by atoms with E-state index in [0.29, 0.717) is 6.04 Å². The normalized spacial score (nSPS) is 18.8. The second kappa shape index (κ2) is 5.52. The van der Waals surface area contributed by atoms with Crippen molar-refractivity contribution in [2.24, 2.45) is 4.99 Å². The molecule has 3 nitrogen and oxygen atoms in total. The predicted octanol–water partition coefficient (Wildman–Crippen LogP) is 4.78. The molecule has 2 aromatic carbocycles. The van der Waals surface area contributed by atoms with Gasteiger partial charge in [0, 0.05) is 11.1 Å². The highest BCUT2D eigenvalue weighted by Gasteiger charge is 2.29. The lowest BCUT2D eigenvalue weighted by molar-refractivity contribution is 0.443. The largest absolute Gasteiger partial charge is 0.279 e. The summed E-state index contributed by atoms with van der Waals surface area (Å²) in [4.78, 5) is 15.0. The van der Waals surface area contributed by atoms with Gasteiger partial charge in [-0.15, -0.1) is 0 Å². The van der Waals surface area contributed by atoms with Crippen LogP contribution in [0.15, 0.2) is 53.5 Å². The third kappa shape index (κ3) is 2.15. The summed E-state index contributed by atoms with van der Waals surface area (Å²) in [6.45, 7) is 0. The average molecular weight is 313 g/mol. The van der Waals surface area contributed by atoms with Crippen molar-refractivity contribution in [2.75, 3.05) is 0 Å². The number of para-hydroxylation sites is 2. The monoisotopic (exact) mass is 313 g/mol. The molecule has 0 aliphatic heterocycles. The standard InChI is InChI=1S/C21H19N3/c1-2-8-14(9-3-1)22-19-15-10-4-5-11-16(15)20-21(19)24-18-13-7-6-12-17(18)23-20/h4-7,10-14H,1-3,8-9H2. The quantitative estimate of drug-likeness (QED) is 0.507. The Morgan fingerprint density at radius 1 is 0.708 bits per heavy atom. The van der Waals surface area contributed by atoms with Crippen LogP contribution in [-0.2, 0) is 0 Å². The molecule has 0 amide bonds. The molecule has 1 heterocycles. The fraction of sp³-hybridized carbons (Fsp3) is 0.286. The van der Waals surface area contributed by atoms with Gasteiger partial charge in [-0.1, -0.05) is 55.7 Å². The summed E-state index contributed by atoms with van der Waals surface area (Å²) >= 11 is 0. The molecule has 0 bridgehead atoms. The topological polar surface area (TPSA) is 38.1 Å². The third-order valence-electron chi connectivity index (χ3n) is 5.12. The summed E-state index contributed by atoms with van der Waals surface area (Å²) in [5.41, 5.74) is 7.24. The number of nitrogens with zero attached hydrogens (tertiary/aromatic N) is 3. The lowest BCUT2D eigenvalue weighted by Gasteiger charge is -2.18. The summed E-state index contributed by atoms with van der Waals surface area (Å²) in [6.07, 6.45) is 6.32. The second-order valence-electron chi connectivity index (χ2n) is 6.72. The first-order valence-electron chi connectivity index (χ1n) is 8.85. The molecule has 2 aliphatic rings. The first-order chi connectivity index (χ1) is 11.9. The lowest BCUT2D eigenvalue weighted by atomic mass is 9.95. The van der Waals surface area contributed by atoms with E-state index in [0.717, 1.165) is 28.1 Å². The Hall–Kier alpha value is -2.55. The Morgan fingerprint density at radius 3 is 2.08 bits per heavy atom. The van der Waals surface area contributed by atoms with E-state index in [1.165, 1.54) is 43.2 Å². The molecule has 0 atom stereocenters. The molecule has 5 rings (SSSR count). The van der Waals surface area contributed by atoms with Gasteiger partial charge in [0.1, 0.15) is 5.69 Å². The number of fused-ring (bicyclic) bond motifs is 4. The molecule has 1 fully saturated rings. The van der Waals surface area contributed by atoms with Crippen molar-refractivity contribution in [1.29, 1.82) is 0 Å². The Kier molecular flexibility index (Phi) is 3.18. The van der Waals surface area contributed by atoms with E-state index in [-0.39, 0.29) is 0 Å². The van der Waals surface area contributed by atoms with Crippen LogP contribution in [0.2, 0.25) is 0 Å². The molecule has 0 spiro atoms. The number of benzene rings is 2. The van der Waals surface area contributed by atoms with Gasteiger partial charge in [-0.3, -0.25) is 4.99 Å². The van der Waals surface area contributed by atoms with Gasteiger partial charge in [0.25, 0.3) is 0 Å². The summed E-state index contributed by atoms with van der Waals surface area (Å²) in [7, 11) is 0. The molecule has 0 unspecified atom stereocenters. The molecular formula is C21H19N3. The fourth-order valence-corrected chi connectivity index (χ4v) is 3.90. The van der Waals surface area contributed by atoms with E-state index in [1.54, 1.807) is 0 Å². The molecule has 1 aromatic heterocycles. The lowest BCUT2D eigenvalue weighted by Crippen LogP contribution is -2.14. The summed E-state index contributed by atoms with van der Waals surface area (Å²) < 4.78 is 0. The van der Waals surface area contributed by atoms with Crippen molar-refractivity contribution in [2.45, 2.75) is 38.1 Å². The Balaban J connectivity index is 1.73. The zero-order valence-electron chi connectivity index (χ0n) is 13.6. The van der Waals surface area contributed by atoms with Gasteiger partial charge >= 0.3 is 0 Å². The van der Waals surface area contributed by atoms with Crippen LogP contribution < -0.4 is 0 Å². The van der Waals surface area contributed by atoms with Crippen LogP contribution in [0.25, 0.3) is 22.3 Å². The molecule has 3 aromatic rings. The van der Waals surface area contributed by atoms with E-state index in [2.05, 4.69) is 24.3 Å². The number of hydrogen-bond donors (Lipinski definition) is 0. The number of rotatable bonds is 1. The van der Waals surface area contributed by atoms with Crippen LogP contribution in [0.4, 0.5) is 0 Å². The SMILES string of the molecule is c1ccc2c(c1)C(=NC1CCCCC1)c1nc3ccccc3nc1-2. The minimum atomic E-state index is 0.432. The van der Waals surface area contributed by atoms with Gasteiger partial charge in [0.2, 0.25) is 0 Å². The number of aromatic nitrogens is 2. The van der Waals surface area contributed by atoms with Gasteiger partial charge in [0.15, 0.2) is 0 Å². The number of aliphatic imine (C=N–C) groups is 1. The van der Waals surface area contributed by atoms with E-state index in [9.17, 15) is 0 Å². The van der Waals surface area contributed by atoms with E-state index in [1.807, 2.05) is 24.3 Å². The van der Waals surface area contributed by atoms with Crippen LogP contribution in [-0.4, -0.2) is 21.7 Å². The predicted molar refractivity (Wildman–Crippen MR) is 97.5 cm³/mol. The van der Waals surface area contributed by atoms with Crippen molar-refractivity contribution in [3.63, 3.8) is 0 Å². The highest BCUT2D eigenvalue weighted by atomic mass is 14.9. The molecule has 118 valence electrons. The third-order valence-corrected chi connectivity index (χ3v) is 5.12. The van der Waals surface area contributed by atoms with Crippen molar-refractivity contribution in [1.82, 2.24) is 9.97 Å². The Morgan fingerprint density at radius 2 is 1.33 bits per heavy atom. The maximum absolute atomic E-state index is 5.14. The highest BCUT2D eigenvalue weighted by molar-refractivity contribution is 6.23. The number of hydrogen-bond acceptors (Lipinski definition) is 3. The second-order valence-corrected chi connectivity index (χ2v) is 6.72. The van der Waals surface area contributed by atoms with Crippen molar-refractivity contribution in [3.05, 3.63) is 59.8 Å². The fourth-order valence-electron chi connectivity index (χ4n) is 3.90. The van der Waals surface area contributed by atoms with Crippen LogP contribution in [0.5, 0.6) is 0 Å². The first kappa shape index (κ1) is 13.8. The van der Waals surface area contributed by atoms with E-state index < -0.39 is 0 Å². The molecule has 0 saturated heterocycles. The molecule has 0 radical (unpaired) electrons. The summed E-state index contributed by atoms with van der Waals surface area (Å²) in [6, 6.07) is 17.0. The summed E-state index contributed by atoms with van der Waals surface area (Å²) in [5.74, 6) is 0. The Labute approximate surface area is 141 Å². The molecular weight excluding hydrogens is 294 g/mol. The first-order valence-corrected chi connectivity index (χ1v) is 8.85. The molecule has 1 saturated carbocycles. The Bertz CT molecular complexity index is 952. The zero-order chi connectivity index (χ0) is 15.9. The van der Waals surface area contributed by atoms with E-state index >= 15 is 0 Å². The van der Waals surface area contributed by atoms with Crippen LogP contribution in [0, 0.1) is 0 Å². The van der Waals surface area contributed by atoms with Gasteiger partial charge in [0.05, 0.1) is 28.5 Å². The zero-order valence-corrected chi connectivity index (χ0v) is 13.6. The van der Waals surface area contributed by atoms with Gasteiger partial charge < -0.3 is 0 Å². The smallest absolute Gasteiger partial charge is 0.116 e. The van der Waals surface area contributed by atoms with Gasteiger partial charge in [-0.05, 0) is 25.0 Å². The van der Waals surface area contributed by atoms with Crippen LogP contribution in [0.3, 0.4) is 0 Å². The molecule has 3 heteroatoms. The molecule has 2 aliphatic carbocycles. The minimum absolute atomic E-state index is 0.432. The average Bonchev–Trinajstić information content (AvgIpc) is 2.94. The van der Waals surface area contributed by atoms with Crippen LogP contribution >= 0.6 is 0 Å². The maximum Gasteiger partial charge on any atom is 0.116 e. The van der Waals surface area contributed by atoms with E-state index in [4.69, 9.17) is 15.0 Å². The maximum atomic E-state index is 5.14.